The van der Waals surface area contributed by atoms with Gasteiger partial charge in [0, 0.05) is 0 Å². The Morgan fingerprint density at radius 1 is 0.923 bits per heavy atom. The molecule has 1 unspecified atom stereocenters. The fourth-order valence-corrected chi connectivity index (χ4v) is 4.04. The first-order valence-corrected chi connectivity index (χ1v) is 9.96. The Morgan fingerprint density at radius 2 is 1.46 bits per heavy atom. The topological polar surface area (TPSA) is 33.9 Å². The van der Waals surface area contributed by atoms with Crippen molar-refractivity contribution in [1.82, 2.24) is 0 Å². The Hall–Kier alpha value is -1.68. The molecule has 2 N–H and O–H groups in total. The largest absolute Gasteiger partial charge is 0.385 e. The SMILES string of the molecule is C[NH+](C[C@@H](O)COC(c1ccccc1)c1ccccc1)C1CCCCC1. The lowest BCUT2D eigenvalue weighted by atomic mass is 9.94. The van der Waals surface area contributed by atoms with Gasteiger partial charge in [-0.3, -0.25) is 0 Å². The van der Waals surface area contributed by atoms with Crippen LogP contribution in [-0.4, -0.2) is 37.5 Å². The molecule has 1 aliphatic carbocycles. The van der Waals surface area contributed by atoms with Crippen LogP contribution in [0.3, 0.4) is 0 Å². The van der Waals surface area contributed by atoms with E-state index in [1.54, 1.807) is 0 Å². The minimum absolute atomic E-state index is 0.137. The van der Waals surface area contributed by atoms with E-state index in [2.05, 4.69) is 31.3 Å². The van der Waals surface area contributed by atoms with Crippen LogP contribution >= 0.6 is 0 Å². The normalized spacial score (nSPS) is 18.0. The summed E-state index contributed by atoms with van der Waals surface area (Å²) < 4.78 is 6.20. The van der Waals surface area contributed by atoms with Gasteiger partial charge >= 0.3 is 0 Å². The van der Waals surface area contributed by atoms with Crippen LogP contribution in [0.15, 0.2) is 60.7 Å². The summed E-state index contributed by atoms with van der Waals surface area (Å²) in [7, 11) is 2.21. The average Bonchev–Trinajstić information content (AvgIpc) is 2.70. The van der Waals surface area contributed by atoms with E-state index in [1.807, 2.05) is 36.4 Å². The van der Waals surface area contributed by atoms with E-state index in [0.29, 0.717) is 12.6 Å². The number of ether oxygens (including phenoxy) is 1. The third kappa shape index (κ3) is 5.41. The summed E-state index contributed by atoms with van der Waals surface area (Å²) in [5.74, 6) is 0. The van der Waals surface area contributed by atoms with E-state index in [4.69, 9.17) is 4.74 Å². The zero-order chi connectivity index (χ0) is 18.2. The van der Waals surface area contributed by atoms with E-state index in [-0.39, 0.29) is 6.10 Å². The Balaban J connectivity index is 1.59. The number of benzene rings is 2. The Bertz CT molecular complexity index is 586. The maximum Gasteiger partial charge on any atom is 0.126 e. The third-order valence-corrected chi connectivity index (χ3v) is 5.52. The summed E-state index contributed by atoms with van der Waals surface area (Å²) in [6, 6.07) is 21.2. The summed E-state index contributed by atoms with van der Waals surface area (Å²) in [6.07, 6.45) is 6.03. The van der Waals surface area contributed by atoms with Gasteiger partial charge in [-0.05, 0) is 36.8 Å². The highest BCUT2D eigenvalue weighted by Crippen LogP contribution is 2.25. The van der Waals surface area contributed by atoms with Crippen molar-refractivity contribution in [2.45, 2.75) is 50.4 Å². The molecule has 2 aromatic carbocycles. The fraction of sp³-hybridized carbons (Fsp3) is 0.478. The average molecular weight is 355 g/mol. The van der Waals surface area contributed by atoms with Gasteiger partial charge in [0.2, 0.25) is 0 Å². The minimum Gasteiger partial charge on any atom is -0.385 e. The lowest BCUT2D eigenvalue weighted by Crippen LogP contribution is -3.14. The number of quaternary nitrogens is 1. The van der Waals surface area contributed by atoms with Gasteiger partial charge in [-0.1, -0.05) is 67.1 Å². The molecular weight excluding hydrogens is 322 g/mol. The van der Waals surface area contributed by atoms with Crippen molar-refractivity contribution in [3.05, 3.63) is 71.8 Å². The molecule has 1 fully saturated rings. The Morgan fingerprint density at radius 3 is 2.00 bits per heavy atom. The van der Waals surface area contributed by atoms with Gasteiger partial charge in [-0.2, -0.15) is 0 Å². The van der Waals surface area contributed by atoms with Crippen molar-refractivity contribution < 1.29 is 14.7 Å². The smallest absolute Gasteiger partial charge is 0.126 e. The number of hydrogen-bond donors (Lipinski definition) is 2. The van der Waals surface area contributed by atoms with Gasteiger partial charge in [0.1, 0.15) is 18.8 Å². The van der Waals surface area contributed by atoms with Crippen LogP contribution in [0.1, 0.15) is 49.3 Å². The van der Waals surface area contributed by atoms with Gasteiger partial charge in [-0.15, -0.1) is 0 Å². The van der Waals surface area contributed by atoms with Gasteiger partial charge < -0.3 is 14.7 Å². The second-order valence-electron chi connectivity index (χ2n) is 7.57. The number of hydrogen-bond acceptors (Lipinski definition) is 2. The molecule has 0 radical (unpaired) electrons. The zero-order valence-electron chi connectivity index (χ0n) is 15.8. The van der Waals surface area contributed by atoms with E-state index >= 15 is 0 Å². The molecule has 0 aromatic heterocycles. The molecule has 1 saturated carbocycles. The van der Waals surface area contributed by atoms with Crippen LogP contribution in [0.5, 0.6) is 0 Å². The van der Waals surface area contributed by atoms with E-state index in [0.717, 1.165) is 17.7 Å². The quantitative estimate of drug-likeness (QED) is 0.764. The van der Waals surface area contributed by atoms with Crippen LogP contribution < -0.4 is 4.90 Å². The lowest BCUT2D eigenvalue weighted by molar-refractivity contribution is -0.910. The summed E-state index contributed by atoms with van der Waals surface area (Å²) in [6.45, 7) is 1.11. The lowest BCUT2D eigenvalue weighted by Gasteiger charge is -2.30. The predicted octanol–water partition coefficient (Wildman–Crippen LogP) is 3.00. The van der Waals surface area contributed by atoms with Gasteiger partial charge in [-0.25, -0.2) is 0 Å². The molecular formula is C23H32NO2+. The predicted molar refractivity (Wildman–Crippen MR) is 105 cm³/mol. The minimum atomic E-state index is -0.438. The van der Waals surface area contributed by atoms with E-state index in [9.17, 15) is 5.11 Å². The highest BCUT2D eigenvalue weighted by molar-refractivity contribution is 5.29. The maximum atomic E-state index is 10.5. The Kier molecular flexibility index (Phi) is 7.24. The van der Waals surface area contributed by atoms with Crippen LogP contribution in [-0.2, 0) is 4.74 Å². The molecule has 1 aliphatic rings. The van der Waals surface area contributed by atoms with E-state index < -0.39 is 6.10 Å². The number of nitrogens with one attached hydrogen (secondary N) is 1. The van der Waals surface area contributed by atoms with E-state index in [1.165, 1.54) is 37.0 Å². The van der Waals surface area contributed by atoms with Gasteiger partial charge in [0.15, 0.2) is 0 Å². The first kappa shape index (κ1) is 19.1. The molecule has 3 rings (SSSR count). The zero-order valence-corrected chi connectivity index (χ0v) is 15.8. The van der Waals surface area contributed by atoms with Gasteiger partial charge in [0.05, 0.1) is 19.7 Å². The molecule has 0 amide bonds. The molecule has 0 heterocycles. The molecule has 0 saturated heterocycles. The molecule has 3 nitrogen and oxygen atoms in total. The highest BCUT2D eigenvalue weighted by atomic mass is 16.5. The second kappa shape index (κ2) is 9.86. The summed E-state index contributed by atoms with van der Waals surface area (Å²) in [5.41, 5.74) is 2.25. The molecule has 0 bridgehead atoms. The molecule has 2 aromatic rings. The maximum absolute atomic E-state index is 10.5. The van der Waals surface area contributed by atoms with Gasteiger partial charge in [0.25, 0.3) is 0 Å². The number of rotatable bonds is 8. The van der Waals surface area contributed by atoms with Crippen molar-refractivity contribution in [2.24, 2.45) is 0 Å². The summed E-state index contributed by atoms with van der Waals surface area (Å²) in [4.78, 5) is 1.44. The monoisotopic (exact) mass is 354 g/mol. The first-order valence-electron chi connectivity index (χ1n) is 9.96. The van der Waals surface area contributed by atoms with Crippen molar-refractivity contribution in [1.29, 1.82) is 0 Å². The molecule has 3 heteroatoms. The fourth-order valence-electron chi connectivity index (χ4n) is 4.04. The molecule has 2 atom stereocenters. The number of aliphatic hydroxyl groups excluding tert-OH is 1. The van der Waals surface area contributed by atoms with Crippen LogP contribution in [0.25, 0.3) is 0 Å². The van der Waals surface area contributed by atoms with Crippen LogP contribution in [0, 0.1) is 0 Å². The molecule has 0 spiro atoms. The van der Waals surface area contributed by atoms with Crippen molar-refractivity contribution >= 4 is 0 Å². The van der Waals surface area contributed by atoms with Crippen molar-refractivity contribution in [3.63, 3.8) is 0 Å². The molecule has 26 heavy (non-hydrogen) atoms. The van der Waals surface area contributed by atoms with Crippen molar-refractivity contribution in [2.75, 3.05) is 20.2 Å². The summed E-state index contributed by atoms with van der Waals surface area (Å²) >= 11 is 0. The van der Waals surface area contributed by atoms with Crippen LogP contribution in [0.4, 0.5) is 0 Å². The standard InChI is InChI=1S/C23H31NO2/c1-24(21-15-9-4-10-16-21)17-22(25)18-26-23(19-11-5-2-6-12-19)20-13-7-3-8-14-20/h2-3,5-8,11-14,21-23,25H,4,9-10,15-18H2,1H3/p+1/t22-/m1/s1. The number of aliphatic hydroxyl groups is 1. The third-order valence-electron chi connectivity index (χ3n) is 5.52. The molecule has 0 aliphatic heterocycles. The number of likely N-dealkylation sites (N-methyl/N-ethyl adjacent to an activating group) is 1. The molecule has 140 valence electrons. The summed E-state index contributed by atoms with van der Waals surface area (Å²) in [5, 5.41) is 10.5. The van der Waals surface area contributed by atoms with Crippen molar-refractivity contribution in [3.8, 4) is 0 Å². The van der Waals surface area contributed by atoms with Crippen LogP contribution in [0.2, 0.25) is 0 Å². The second-order valence-corrected chi connectivity index (χ2v) is 7.57. The Labute approximate surface area is 157 Å². The highest BCUT2D eigenvalue weighted by Gasteiger charge is 2.24. The first-order chi connectivity index (χ1) is 12.7.